The van der Waals surface area contributed by atoms with E-state index in [2.05, 4.69) is 0 Å². The van der Waals surface area contributed by atoms with Crippen LogP contribution in [0.15, 0.2) is 11.6 Å². The summed E-state index contributed by atoms with van der Waals surface area (Å²) >= 11 is 0. The number of hydrogen-bond donors (Lipinski definition) is 5. The van der Waals surface area contributed by atoms with Crippen LogP contribution >= 0.6 is 0 Å². The molecule has 0 unspecified atom stereocenters. The van der Waals surface area contributed by atoms with Gasteiger partial charge in [-0.3, -0.25) is 4.79 Å². The summed E-state index contributed by atoms with van der Waals surface area (Å²) in [4.78, 5) is 12.7. The minimum absolute atomic E-state index is 0.0936. The molecule has 8 aliphatic rings. The molecular weight excluding hydrogens is 917 g/mol. The Labute approximate surface area is 413 Å². The van der Waals surface area contributed by atoms with E-state index < -0.39 is 150 Å². The van der Waals surface area contributed by atoms with Crippen LogP contribution in [0.4, 0.5) is 0 Å². The highest BCUT2D eigenvalue weighted by Crippen LogP contribution is 2.70. The maximum absolute atomic E-state index is 12.9. The van der Waals surface area contributed by atoms with Crippen LogP contribution < -0.4 is 0 Å². The molecule has 26 atom stereocenters. The van der Waals surface area contributed by atoms with Crippen LogP contribution in [0.5, 0.6) is 0 Å². The van der Waals surface area contributed by atoms with Gasteiger partial charge in [0, 0.05) is 72.4 Å². The van der Waals surface area contributed by atoms with Crippen LogP contribution in [-0.4, -0.2) is 194 Å². The van der Waals surface area contributed by atoms with Gasteiger partial charge in [-0.25, -0.2) is 0 Å². The Morgan fingerprint density at radius 1 is 0.671 bits per heavy atom. The molecule has 70 heavy (non-hydrogen) atoms. The van der Waals surface area contributed by atoms with Crippen LogP contribution in [0.3, 0.4) is 0 Å². The zero-order valence-corrected chi connectivity index (χ0v) is 43.3. The first kappa shape index (κ1) is 54.8. The van der Waals surface area contributed by atoms with Crippen molar-refractivity contribution >= 4 is 5.97 Å². The predicted octanol–water partition coefficient (Wildman–Crippen LogP) is 3.19. The van der Waals surface area contributed by atoms with E-state index in [0.29, 0.717) is 51.4 Å². The Kier molecular flexibility index (Phi) is 16.6. The van der Waals surface area contributed by atoms with E-state index in [1.807, 2.05) is 33.8 Å². The third-order valence-corrected chi connectivity index (χ3v) is 18.4. The summed E-state index contributed by atoms with van der Waals surface area (Å²) in [5.41, 5.74) is -4.55. The molecule has 3 saturated carbocycles. The second-order valence-electron chi connectivity index (χ2n) is 22.2. The molecule has 4 aliphatic heterocycles. The van der Waals surface area contributed by atoms with E-state index in [0.717, 1.165) is 5.57 Å². The number of carbonyl (C=O) groups is 1. The summed E-state index contributed by atoms with van der Waals surface area (Å²) in [5.74, 6) is -1.92. The van der Waals surface area contributed by atoms with Crippen molar-refractivity contribution in [2.45, 2.75) is 254 Å². The van der Waals surface area contributed by atoms with Crippen LogP contribution in [-0.2, 0) is 66.4 Å². The van der Waals surface area contributed by atoms with Gasteiger partial charge in [-0.05, 0) is 84.5 Å². The van der Waals surface area contributed by atoms with Crippen LogP contribution in [0.2, 0.25) is 0 Å². The number of carbonyl (C=O) groups excluding carboxylic acids is 1. The van der Waals surface area contributed by atoms with E-state index in [-0.39, 0.29) is 25.0 Å². The molecule has 4 heterocycles. The average Bonchev–Trinajstić information content (AvgIpc) is 3.61. The zero-order chi connectivity index (χ0) is 50.8. The van der Waals surface area contributed by atoms with Gasteiger partial charge in [-0.15, -0.1) is 0 Å². The first-order valence-electron chi connectivity index (χ1n) is 25.8. The van der Waals surface area contributed by atoms with E-state index in [9.17, 15) is 30.3 Å². The first-order chi connectivity index (χ1) is 33.1. The van der Waals surface area contributed by atoms with Crippen molar-refractivity contribution in [2.75, 3.05) is 28.4 Å². The number of fused-ring (bicyclic) bond motifs is 5. The molecule has 0 radical (unpaired) electrons. The molecule has 7 fully saturated rings. The lowest BCUT2D eigenvalue weighted by Crippen LogP contribution is -2.80. The molecular formula is C51H84O19. The van der Waals surface area contributed by atoms with Crippen molar-refractivity contribution in [3.8, 4) is 0 Å². The molecule has 5 N–H and O–H groups in total. The molecule has 19 nitrogen and oxygen atoms in total. The van der Waals surface area contributed by atoms with Crippen molar-refractivity contribution in [1.82, 2.24) is 0 Å². The minimum atomic E-state index is -1.74. The summed E-state index contributed by atoms with van der Waals surface area (Å²) in [5, 5.41) is 59.0. The summed E-state index contributed by atoms with van der Waals surface area (Å²) < 4.78 is 81.1. The standard InChI is InChI=1S/C51H84O19/c1-24(52)32-15-18-51(57)49(32,8)47(55)45(66-29(6)53)46-48(7)16-14-31(19-30(48)13-17-50(46,51)56)67-37-21-34(59-10)42(26(3)63-37)69-39-23-36(61-12)44(28(5)65-39)70-40-22-35(60-11)43(27(4)64-40)68-38-20-33(58-9)41(54)25(2)62-38/h13,24-28,31-47,52,54-57H,14-23H2,1-12H3/t24-,25+,26+,27+,28-,31-,32+,33+,34-,35-,36+,37+,38-,39+,40+,41-,42-,43+,44-,45+,46-,47+,48-,49+,50+,51-/m0/s1. The summed E-state index contributed by atoms with van der Waals surface area (Å²) in [6.45, 7) is 14.2. The molecule has 4 aliphatic carbocycles. The number of aliphatic hydroxyl groups excluding tert-OH is 3. The Hall–Kier alpha value is -1.47. The van der Waals surface area contributed by atoms with E-state index in [1.165, 1.54) is 6.92 Å². The highest BCUT2D eigenvalue weighted by atomic mass is 16.8. The van der Waals surface area contributed by atoms with E-state index >= 15 is 0 Å². The maximum atomic E-state index is 12.9. The fourth-order valence-electron chi connectivity index (χ4n) is 14.6. The second kappa shape index (κ2) is 21.3. The maximum Gasteiger partial charge on any atom is 0.303 e. The Bertz CT molecular complexity index is 1820. The lowest BCUT2D eigenvalue weighted by Gasteiger charge is -2.68. The van der Waals surface area contributed by atoms with Gasteiger partial charge in [0.2, 0.25) is 0 Å². The Morgan fingerprint density at radius 3 is 1.59 bits per heavy atom. The van der Waals surface area contributed by atoms with Gasteiger partial charge in [0.05, 0.1) is 67.1 Å². The van der Waals surface area contributed by atoms with Gasteiger partial charge < -0.3 is 87.1 Å². The van der Waals surface area contributed by atoms with Crippen molar-refractivity contribution in [1.29, 1.82) is 0 Å². The average molecular weight is 1000 g/mol. The number of aliphatic hydroxyl groups is 5. The number of rotatable bonds is 14. The SMILES string of the molecule is CO[C@H]1C[C@@H](O[C@H]2CC[C@@]3(C)C(=CC[C@@]4(O)[C@H]3[C@@H](OC(C)=O)[C@@H](O)[C@@]3(C)[C@@H]([C@H](C)O)CC[C@]34O)C2)O[C@H](C)[C@@H]1O[C@@H]1C[C@@H](OC)[C@@H](O[C@@H]2C[C@H](OC)[C@H](O[C@H]3C[C@@H](OC)[C@@H](O)[C@@H](C)O3)[C@@H](C)O2)[C@H](C)O1. The molecule has 19 heteroatoms. The summed E-state index contributed by atoms with van der Waals surface area (Å²) in [7, 11) is 6.48. The first-order valence-corrected chi connectivity index (χ1v) is 25.8. The van der Waals surface area contributed by atoms with Crippen molar-refractivity contribution < 1.29 is 91.9 Å². The lowest BCUT2D eigenvalue weighted by molar-refractivity contribution is -0.347. The summed E-state index contributed by atoms with van der Waals surface area (Å²) in [6.07, 6.45) is -5.77. The third kappa shape index (κ3) is 9.60. The Morgan fingerprint density at radius 2 is 1.13 bits per heavy atom. The number of hydrogen-bond acceptors (Lipinski definition) is 19. The molecule has 0 bridgehead atoms. The largest absolute Gasteiger partial charge is 0.459 e. The molecule has 8 rings (SSSR count). The lowest BCUT2D eigenvalue weighted by atomic mass is 9.42. The van der Waals surface area contributed by atoms with Gasteiger partial charge >= 0.3 is 5.97 Å². The topological polar surface area (TPSA) is 238 Å². The summed E-state index contributed by atoms with van der Waals surface area (Å²) in [6, 6.07) is 0. The highest BCUT2D eigenvalue weighted by Gasteiger charge is 2.79. The normalized spacial score (nSPS) is 52.2. The second-order valence-corrected chi connectivity index (χ2v) is 22.2. The van der Waals surface area contributed by atoms with Crippen molar-refractivity contribution in [3.63, 3.8) is 0 Å². The fraction of sp³-hybridized carbons (Fsp3) is 0.941. The molecule has 0 aromatic carbocycles. The minimum Gasteiger partial charge on any atom is -0.459 e. The van der Waals surface area contributed by atoms with Crippen molar-refractivity contribution in [2.24, 2.45) is 22.7 Å². The third-order valence-electron chi connectivity index (χ3n) is 18.4. The Balaban J connectivity index is 0.868. The number of methoxy groups -OCH3 is 4. The van der Waals surface area contributed by atoms with Crippen LogP contribution in [0.1, 0.15) is 120 Å². The van der Waals surface area contributed by atoms with Crippen LogP contribution in [0, 0.1) is 22.7 Å². The van der Waals surface area contributed by atoms with Gasteiger partial charge in [-0.1, -0.05) is 25.5 Å². The quantitative estimate of drug-likeness (QED) is 0.124. The zero-order valence-electron chi connectivity index (χ0n) is 43.3. The number of ether oxygens (including phenoxy) is 13. The van der Waals surface area contributed by atoms with E-state index in [1.54, 1.807) is 49.2 Å². The van der Waals surface area contributed by atoms with Crippen molar-refractivity contribution in [3.05, 3.63) is 11.6 Å². The fourth-order valence-corrected chi connectivity index (χ4v) is 14.6. The molecule has 4 saturated heterocycles. The van der Waals surface area contributed by atoms with Gasteiger partial charge in [0.15, 0.2) is 25.2 Å². The number of esters is 1. The molecule has 0 spiro atoms. The molecule has 0 aromatic heterocycles. The highest BCUT2D eigenvalue weighted by molar-refractivity contribution is 5.66. The monoisotopic (exact) mass is 1000 g/mol. The van der Waals surface area contributed by atoms with E-state index in [4.69, 9.17) is 61.6 Å². The molecule has 0 aromatic rings. The molecule has 0 amide bonds. The van der Waals surface area contributed by atoms with Gasteiger partial charge in [0.25, 0.3) is 0 Å². The van der Waals surface area contributed by atoms with Gasteiger partial charge in [0.1, 0.15) is 41.7 Å². The smallest absolute Gasteiger partial charge is 0.303 e. The van der Waals surface area contributed by atoms with Crippen LogP contribution in [0.25, 0.3) is 0 Å². The molecule has 402 valence electrons. The predicted molar refractivity (Wildman–Crippen MR) is 247 cm³/mol. The van der Waals surface area contributed by atoms with Gasteiger partial charge in [-0.2, -0.15) is 0 Å².